The quantitative estimate of drug-likeness (QED) is 0.0540. The van der Waals surface area contributed by atoms with Gasteiger partial charge in [-0.25, -0.2) is 4.79 Å². The van der Waals surface area contributed by atoms with Crippen LogP contribution >= 0.6 is 0 Å². The third-order valence-electron chi connectivity index (χ3n) is 10.0. The van der Waals surface area contributed by atoms with E-state index in [1.807, 2.05) is 0 Å². The van der Waals surface area contributed by atoms with Crippen LogP contribution in [0.1, 0.15) is 27.2 Å². The Kier molecular flexibility index (Phi) is 19.3. The minimum Gasteiger partial charge on any atom is -0.477 e. The number of carboxylic acids is 1. The van der Waals surface area contributed by atoms with Gasteiger partial charge in [-0.1, -0.05) is 0 Å². The van der Waals surface area contributed by atoms with Crippen LogP contribution in [0.5, 0.6) is 0 Å². The Morgan fingerprint density at radius 3 is 1.83 bits per heavy atom. The highest BCUT2D eigenvalue weighted by Gasteiger charge is 2.60. The number of ether oxygens (including phenoxy) is 6. The highest BCUT2D eigenvalue weighted by molar-refractivity contribution is 5.77. The molecule has 17 N–H and O–H groups in total. The molecule has 3 saturated heterocycles. The van der Waals surface area contributed by atoms with Crippen LogP contribution in [0.15, 0.2) is 0 Å². The number of carboxylic acid groups (broad SMARTS) is 1. The standard InChI is InChI=1S/C33H57N3O24/c1-10(41)34-13(5-37)21(47)27(16(46)7-39)58-31-26(52)29(24(50)18(57-31)9-55-30-20(36-12(3)43)25(51)23(49)17(8-40)56-30)60-33(32(53)54)4-14(44)19(35-11(2)42)28(59-33)22(48)15(45)6-38/h13-31,37-40,44-52H,4-9H2,1-3H3,(H,34,41)(H,35,42)(H,36,43)(H,53,54)/t13-,14-,15+,16+,17+,18+,19+,20+,21+,22+,23+,24-,25+,26+,27+,28+,29-,30+,31-,33-/m0/s1. The zero-order valence-electron chi connectivity index (χ0n) is 32.6. The molecule has 3 fully saturated rings. The number of hydrogen-bond donors (Lipinski definition) is 17. The van der Waals surface area contributed by atoms with Crippen LogP contribution < -0.4 is 16.0 Å². The first-order valence-corrected chi connectivity index (χ1v) is 18.6. The van der Waals surface area contributed by atoms with E-state index in [1.165, 1.54) is 0 Å². The SMILES string of the molecule is CC(=O)N[C@H]1[C@H](OC[C@H]2O[C@@H](O[C@@H]([C@H](O)[C@H](CO)NC(C)=O)[C@H](O)CO)[C@H](O)[C@@H](O[C@]3(C(=O)O)C[C@H](O)[C@@H](NC(C)=O)[C@H]([C@H](O)[C@H](O)CO)O3)[C@H]2O)O[C@H](CO)[C@@H](O)[C@@H]1O. The third kappa shape index (κ3) is 12.2. The molecule has 0 unspecified atom stereocenters. The summed E-state index contributed by atoms with van der Waals surface area (Å²) in [5.41, 5.74) is 0. The fourth-order valence-electron chi connectivity index (χ4n) is 6.95. The number of aliphatic hydroxyl groups is 13. The second-order valence-electron chi connectivity index (χ2n) is 14.6. The molecule has 3 aliphatic heterocycles. The average molecular weight is 880 g/mol. The number of aliphatic carboxylic acids is 1. The topological polar surface area (TPSA) is 443 Å². The van der Waals surface area contributed by atoms with Gasteiger partial charge in [-0.05, 0) is 0 Å². The van der Waals surface area contributed by atoms with E-state index in [9.17, 15) is 90.7 Å². The molecule has 0 saturated carbocycles. The van der Waals surface area contributed by atoms with Gasteiger partial charge in [-0.3, -0.25) is 14.4 Å². The smallest absolute Gasteiger partial charge is 0.364 e. The maximum absolute atomic E-state index is 13.0. The normalized spacial score (nSPS) is 37.8. The fourth-order valence-corrected chi connectivity index (χ4v) is 6.95. The first-order valence-electron chi connectivity index (χ1n) is 18.6. The van der Waals surface area contributed by atoms with Gasteiger partial charge in [0.1, 0.15) is 85.4 Å². The minimum absolute atomic E-state index is 0.748. The number of carbonyl (C=O) groups excluding carboxylic acids is 3. The van der Waals surface area contributed by atoms with E-state index in [0.717, 1.165) is 20.8 Å². The molecular weight excluding hydrogens is 822 g/mol. The molecule has 3 heterocycles. The van der Waals surface area contributed by atoms with Crippen molar-refractivity contribution in [3.05, 3.63) is 0 Å². The van der Waals surface area contributed by atoms with Crippen molar-refractivity contribution < 1.29 is 119 Å². The predicted molar refractivity (Wildman–Crippen MR) is 188 cm³/mol. The van der Waals surface area contributed by atoms with Crippen molar-refractivity contribution >= 4 is 23.7 Å². The summed E-state index contributed by atoms with van der Waals surface area (Å²) < 4.78 is 33.9. The Balaban J connectivity index is 2.11. The summed E-state index contributed by atoms with van der Waals surface area (Å²) in [6.45, 7) is -2.03. The number of nitrogens with one attached hydrogen (secondary N) is 3. The van der Waals surface area contributed by atoms with E-state index in [4.69, 9.17) is 28.4 Å². The summed E-state index contributed by atoms with van der Waals surface area (Å²) in [4.78, 5) is 48.7. The Bertz CT molecular complexity index is 1420. The maximum atomic E-state index is 13.0. The molecule has 0 spiro atoms. The first kappa shape index (κ1) is 51.5. The molecule has 27 heteroatoms. The highest BCUT2D eigenvalue weighted by Crippen LogP contribution is 2.38. The monoisotopic (exact) mass is 879 g/mol. The number of hydrogen-bond acceptors (Lipinski definition) is 23. The van der Waals surface area contributed by atoms with Crippen molar-refractivity contribution in [3.63, 3.8) is 0 Å². The van der Waals surface area contributed by atoms with Crippen molar-refractivity contribution in [2.24, 2.45) is 0 Å². The third-order valence-corrected chi connectivity index (χ3v) is 10.0. The molecule has 20 atom stereocenters. The molecule has 60 heavy (non-hydrogen) atoms. The lowest BCUT2D eigenvalue weighted by molar-refractivity contribution is -0.380. The van der Waals surface area contributed by atoms with Crippen molar-refractivity contribution in [1.29, 1.82) is 0 Å². The molecule has 0 aromatic rings. The van der Waals surface area contributed by atoms with Gasteiger partial charge < -0.3 is 116 Å². The lowest BCUT2D eigenvalue weighted by Gasteiger charge is -2.50. The predicted octanol–water partition coefficient (Wildman–Crippen LogP) is -10.5. The van der Waals surface area contributed by atoms with E-state index < -0.39 is 185 Å². The second kappa shape index (κ2) is 22.5. The van der Waals surface area contributed by atoms with Gasteiger partial charge in [0, 0.05) is 27.2 Å². The molecular formula is C33H57N3O24. The van der Waals surface area contributed by atoms with E-state index in [2.05, 4.69) is 16.0 Å². The molecule has 0 radical (unpaired) electrons. The van der Waals surface area contributed by atoms with Gasteiger partial charge in [-0.15, -0.1) is 0 Å². The largest absolute Gasteiger partial charge is 0.477 e. The van der Waals surface area contributed by atoms with Crippen LogP contribution in [0.2, 0.25) is 0 Å². The van der Waals surface area contributed by atoms with Gasteiger partial charge in [0.2, 0.25) is 17.7 Å². The van der Waals surface area contributed by atoms with Gasteiger partial charge in [0.25, 0.3) is 5.79 Å². The lowest BCUT2D eigenvalue weighted by atomic mass is 9.88. The molecule has 3 rings (SSSR count). The summed E-state index contributed by atoms with van der Waals surface area (Å²) in [6.07, 6.45) is -33.9. The molecule has 3 aliphatic rings. The highest BCUT2D eigenvalue weighted by atomic mass is 16.8. The zero-order valence-corrected chi connectivity index (χ0v) is 32.6. The van der Waals surface area contributed by atoms with Crippen molar-refractivity contribution in [1.82, 2.24) is 16.0 Å². The molecule has 27 nitrogen and oxygen atoms in total. The van der Waals surface area contributed by atoms with E-state index >= 15 is 0 Å². The van der Waals surface area contributed by atoms with Crippen LogP contribution in [-0.2, 0) is 47.6 Å². The molecule has 0 bridgehead atoms. The van der Waals surface area contributed by atoms with Crippen LogP contribution in [-0.4, -0.2) is 250 Å². The second-order valence-corrected chi connectivity index (χ2v) is 14.6. The van der Waals surface area contributed by atoms with Crippen LogP contribution in [0.25, 0.3) is 0 Å². The molecule has 348 valence electrons. The zero-order chi connectivity index (χ0) is 45.4. The number of amides is 3. The lowest BCUT2D eigenvalue weighted by Crippen LogP contribution is -2.71. The number of rotatable bonds is 20. The van der Waals surface area contributed by atoms with Gasteiger partial charge in [-0.2, -0.15) is 0 Å². The van der Waals surface area contributed by atoms with Gasteiger partial charge in [0.15, 0.2) is 12.6 Å². The summed E-state index contributed by atoms with van der Waals surface area (Å²) >= 11 is 0. The minimum atomic E-state index is -3.22. The summed E-state index contributed by atoms with van der Waals surface area (Å²) in [5, 5.41) is 154. The van der Waals surface area contributed by atoms with Crippen molar-refractivity contribution in [2.45, 2.75) is 149 Å². The van der Waals surface area contributed by atoms with E-state index in [0.29, 0.717) is 0 Å². The Morgan fingerprint density at radius 2 is 1.32 bits per heavy atom. The van der Waals surface area contributed by atoms with E-state index in [-0.39, 0.29) is 0 Å². The number of aliphatic hydroxyl groups excluding tert-OH is 13. The summed E-state index contributed by atoms with van der Waals surface area (Å²) in [6, 6.07) is -4.80. The molecule has 3 amide bonds. The Hall–Kier alpha value is -2.88. The first-order chi connectivity index (χ1) is 28.1. The fraction of sp³-hybridized carbons (Fsp3) is 0.879. The van der Waals surface area contributed by atoms with E-state index in [1.54, 1.807) is 0 Å². The maximum Gasteiger partial charge on any atom is 0.364 e. The van der Waals surface area contributed by atoms with Crippen LogP contribution in [0, 0.1) is 0 Å². The van der Waals surface area contributed by atoms with Crippen molar-refractivity contribution in [2.75, 3.05) is 33.0 Å². The molecule has 0 aromatic heterocycles. The van der Waals surface area contributed by atoms with Crippen LogP contribution in [0.3, 0.4) is 0 Å². The van der Waals surface area contributed by atoms with Crippen LogP contribution in [0.4, 0.5) is 0 Å². The summed E-state index contributed by atoms with van der Waals surface area (Å²) in [7, 11) is 0. The Morgan fingerprint density at radius 1 is 0.733 bits per heavy atom. The van der Waals surface area contributed by atoms with Gasteiger partial charge >= 0.3 is 5.97 Å². The van der Waals surface area contributed by atoms with Crippen molar-refractivity contribution in [3.8, 4) is 0 Å². The molecule has 0 aromatic carbocycles. The number of carbonyl (C=O) groups is 4. The van der Waals surface area contributed by atoms with Gasteiger partial charge in [0.05, 0.1) is 51.2 Å². The molecule has 0 aliphatic carbocycles. The average Bonchev–Trinajstić information content (AvgIpc) is 3.19. The summed E-state index contributed by atoms with van der Waals surface area (Å²) in [5.74, 6) is -7.65. The Labute approximate surface area is 340 Å².